The maximum atomic E-state index is 12.6. The Bertz CT molecular complexity index is 561. The van der Waals surface area contributed by atoms with Crippen LogP contribution >= 0.6 is 0 Å². The van der Waals surface area contributed by atoms with Crippen LogP contribution in [-0.4, -0.2) is 45.9 Å². The van der Waals surface area contributed by atoms with E-state index in [-0.39, 0.29) is 17.0 Å². The number of carbonyl (C=O) groups is 1. The van der Waals surface area contributed by atoms with Crippen LogP contribution in [0.1, 0.15) is 44.5 Å². The summed E-state index contributed by atoms with van der Waals surface area (Å²) in [7, 11) is 3.99. The van der Waals surface area contributed by atoms with Gasteiger partial charge in [-0.3, -0.25) is 14.7 Å². The van der Waals surface area contributed by atoms with E-state index in [1.54, 1.807) is 29.4 Å². The van der Waals surface area contributed by atoms with E-state index in [2.05, 4.69) is 50.7 Å². The highest BCUT2D eigenvalue weighted by molar-refractivity contribution is 5.95. The normalized spacial score (nSPS) is 20.8. The molecule has 0 saturated heterocycles. The third-order valence-electron chi connectivity index (χ3n) is 4.57. The molecule has 0 radical (unpaired) electrons. The van der Waals surface area contributed by atoms with Gasteiger partial charge in [0.25, 0.3) is 5.91 Å². The second-order valence-electron chi connectivity index (χ2n) is 6.94. The molecular formula is C17H25N3O. The van der Waals surface area contributed by atoms with Gasteiger partial charge in [-0.1, -0.05) is 0 Å². The zero-order valence-corrected chi connectivity index (χ0v) is 13.8. The summed E-state index contributed by atoms with van der Waals surface area (Å²) < 4.78 is 0. The number of aromatic nitrogens is 1. The molecule has 1 aliphatic rings. The smallest absolute Gasteiger partial charge is 0.257 e. The lowest BCUT2D eigenvalue weighted by Crippen LogP contribution is -2.56. The van der Waals surface area contributed by atoms with Gasteiger partial charge in [-0.25, -0.2) is 0 Å². The molecule has 2 rings (SSSR count). The Morgan fingerprint density at radius 1 is 1.24 bits per heavy atom. The van der Waals surface area contributed by atoms with Gasteiger partial charge in [0.2, 0.25) is 0 Å². The summed E-state index contributed by atoms with van der Waals surface area (Å²) >= 11 is 0. The molecule has 0 unspecified atom stereocenters. The predicted octanol–water partition coefficient (Wildman–Crippen LogP) is 2.93. The van der Waals surface area contributed by atoms with Crippen molar-refractivity contribution in [3.63, 3.8) is 0 Å². The van der Waals surface area contributed by atoms with Crippen molar-refractivity contribution in [1.82, 2.24) is 14.8 Å². The van der Waals surface area contributed by atoms with Crippen molar-refractivity contribution in [2.75, 3.05) is 14.1 Å². The van der Waals surface area contributed by atoms with Gasteiger partial charge >= 0.3 is 0 Å². The van der Waals surface area contributed by atoms with Crippen LogP contribution in [0.2, 0.25) is 0 Å². The quantitative estimate of drug-likeness (QED) is 0.839. The molecular weight excluding hydrogens is 262 g/mol. The molecule has 114 valence electrons. The lowest BCUT2D eigenvalue weighted by molar-refractivity contribution is 0.0496. The van der Waals surface area contributed by atoms with E-state index in [1.165, 1.54) is 0 Å². The van der Waals surface area contributed by atoms with Crippen molar-refractivity contribution in [2.45, 2.75) is 45.2 Å². The van der Waals surface area contributed by atoms with E-state index >= 15 is 0 Å². The van der Waals surface area contributed by atoms with Gasteiger partial charge in [0.15, 0.2) is 0 Å². The lowest BCUT2D eigenvalue weighted by Gasteiger charge is -2.50. The number of nitrogens with zero attached hydrogens (tertiary/aromatic N) is 3. The summed E-state index contributed by atoms with van der Waals surface area (Å²) in [5.41, 5.74) is 1.68. The minimum Gasteiger partial charge on any atom is -0.315 e. The van der Waals surface area contributed by atoms with E-state index in [0.717, 1.165) is 12.1 Å². The molecule has 1 aromatic rings. The van der Waals surface area contributed by atoms with E-state index in [9.17, 15) is 4.79 Å². The highest BCUT2D eigenvalue weighted by atomic mass is 16.2. The van der Waals surface area contributed by atoms with Crippen LogP contribution in [0.4, 0.5) is 0 Å². The lowest BCUT2D eigenvalue weighted by atomic mass is 9.83. The third-order valence-corrected chi connectivity index (χ3v) is 4.57. The second kappa shape index (κ2) is 5.26. The molecule has 0 aromatic carbocycles. The molecule has 21 heavy (non-hydrogen) atoms. The maximum Gasteiger partial charge on any atom is 0.257 e. The Hall–Kier alpha value is -1.68. The highest BCUT2D eigenvalue weighted by Crippen LogP contribution is 2.36. The highest BCUT2D eigenvalue weighted by Gasteiger charge is 2.40. The molecule has 2 heterocycles. The number of rotatable bonds is 2. The fourth-order valence-corrected chi connectivity index (χ4v) is 2.93. The summed E-state index contributed by atoms with van der Waals surface area (Å²) in [6, 6.07) is 3.51. The molecule has 1 aromatic heterocycles. The number of carbonyl (C=O) groups excluding carboxylic acids is 1. The minimum absolute atomic E-state index is 0.0137. The van der Waals surface area contributed by atoms with Crippen molar-refractivity contribution in [1.29, 1.82) is 0 Å². The average molecular weight is 287 g/mol. The third kappa shape index (κ3) is 3.00. The van der Waals surface area contributed by atoms with E-state index in [0.29, 0.717) is 5.56 Å². The SMILES string of the molecule is CN(C(=O)c1ccncc1)C1=CC(C)(C)N(C)C(C)(C)C1. The van der Waals surface area contributed by atoms with Crippen LogP contribution < -0.4 is 0 Å². The molecule has 0 aliphatic carbocycles. The summed E-state index contributed by atoms with van der Waals surface area (Å²) in [5, 5.41) is 0. The summed E-state index contributed by atoms with van der Waals surface area (Å²) in [6.07, 6.45) is 6.34. The molecule has 0 spiro atoms. The number of hydrogen-bond donors (Lipinski definition) is 0. The number of amides is 1. The van der Waals surface area contributed by atoms with Gasteiger partial charge < -0.3 is 4.90 Å². The molecule has 4 nitrogen and oxygen atoms in total. The van der Waals surface area contributed by atoms with Crippen molar-refractivity contribution in [2.24, 2.45) is 0 Å². The molecule has 0 atom stereocenters. The monoisotopic (exact) mass is 287 g/mol. The van der Waals surface area contributed by atoms with Gasteiger partial charge in [0, 0.05) is 48.2 Å². The van der Waals surface area contributed by atoms with E-state index in [4.69, 9.17) is 0 Å². The average Bonchev–Trinajstić information content (AvgIpc) is 2.43. The Balaban J connectivity index is 2.31. The largest absolute Gasteiger partial charge is 0.315 e. The van der Waals surface area contributed by atoms with Crippen LogP contribution in [0.25, 0.3) is 0 Å². The van der Waals surface area contributed by atoms with E-state index < -0.39 is 0 Å². The fraction of sp³-hybridized carbons (Fsp3) is 0.529. The summed E-state index contributed by atoms with van der Waals surface area (Å²) in [5.74, 6) is 0.0137. The van der Waals surface area contributed by atoms with Crippen molar-refractivity contribution in [3.05, 3.63) is 41.9 Å². The zero-order chi connectivity index (χ0) is 15.8. The second-order valence-corrected chi connectivity index (χ2v) is 6.94. The fourth-order valence-electron chi connectivity index (χ4n) is 2.93. The summed E-state index contributed by atoms with van der Waals surface area (Å²) in [6.45, 7) is 8.79. The Morgan fingerprint density at radius 2 is 1.81 bits per heavy atom. The first-order valence-electron chi connectivity index (χ1n) is 7.29. The molecule has 0 N–H and O–H groups in total. The van der Waals surface area contributed by atoms with Crippen LogP contribution in [0, 0.1) is 0 Å². The van der Waals surface area contributed by atoms with Gasteiger partial charge in [-0.05, 0) is 53.0 Å². The predicted molar refractivity (Wildman–Crippen MR) is 85.0 cm³/mol. The molecule has 1 amide bonds. The van der Waals surface area contributed by atoms with Gasteiger partial charge in [-0.2, -0.15) is 0 Å². The topological polar surface area (TPSA) is 36.4 Å². The van der Waals surface area contributed by atoms with Crippen molar-refractivity contribution < 1.29 is 4.79 Å². The first-order valence-corrected chi connectivity index (χ1v) is 7.29. The number of likely N-dealkylation sites (N-methyl/N-ethyl adjacent to an activating group) is 1. The Morgan fingerprint density at radius 3 is 2.33 bits per heavy atom. The maximum absolute atomic E-state index is 12.6. The van der Waals surface area contributed by atoms with Crippen LogP contribution in [0.15, 0.2) is 36.3 Å². The molecule has 0 bridgehead atoms. The standard InChI is InChI=1S/C17H25N3O/c1-16(2)11-14(12-17(3,4)20(16)6)19(5)15(21)13-7-9-18-10-8-13/h7-11H,12H2,1-6H3. The minimum atomic E-state index is -0.0795. The van der Waals surface area contributed by atoms with Gasteiger partial charge in [0.05, 0.1) is 0 Å². The van der Waals surface area contributed by atoms with E-state index in [1.807, 2.05) is 7.05 Å². The first-order chi connectivity index (χ1) is 9.65. The number of pyridine rings is 1. The molecule has 4 heteroatoms. The van der Waals surface area contributed by atoms with Gasteiger partial charge in [-0.15, -0.1) is 0 Å². The first kappa shape index (κ1) is 15.7. The molecule has 1 aliphatic heterocycles. The van der Waals surface area contributed by atoms with Crippen LogP contribution in [0.3, 0.4) is 0 Å². The van der Waals surface area contributed by atoms with Gasteiger partial charge in [0.1, 0.15) is 0 Å². The Labute approximate surface area is 127 Å². The summed E-state index contributed by atoms with van der Waals surface area (Å²) in [4.78, 5) is 20.7. The van der Waals surface area contributed by atoms with Crippen LogP contribution in [0.5, 0.6) is 0 Å². The van der Waals surface area contributed by atoms with Crippen LogP contribution in [-0.2, 0) is 0 Å². The zero-order valence-electron chi connectivity index (χ0n) is 13.8. The number of hydrogen-bond acceptors (Lipinski definition) is 3. The van der Waals surface area contributed by atoms with Crippen molar-refractivity contribution in [3.8, 4) is 0 Å². The molecule has 0 fully saturated rings. The molecule has 0 saturated carbocycles. The Kier molecular flexibility index (Phi) is 3.93. The van der Waals surface area contributed by atoms with Crippen molar-refractivity contribution >= 4 is 5.91 Å².